The summed E-state index contributed by atoms with van der Waals surface area (Å²) in [5.41, 5.74) is 0.413. The van der Waals surface area contributed by atoms with Gasteiger partial charge in [0.1, 0.15) is 28.3 Å². The number of halogens is 1. The highest BCUT2D eigenvalue weighted by molar-refractivity contribution is 6.29. The molecular formula is C10H6ClN5O. The molecule has 0 radical (unpaired) electrons. The van der Waals surface area contributed by atoms with Crippen molar-refractivity contribution in [1.82, 2.24) is 15.2 Å². The number of pyridine rings is 1. The molecular weight excluding hydrogens is 242 g/mol. The van der Waals surface area contributed by atoms with Crippen LogP contribution < -0.4 is 5.32 Å². The number of hydrogen-bond donors (Lipinski definition) is 2. The van der Waals surface area contributed by atoms with Gasteiger partial charge in [0.05, 0.1) is 6.20 Å². The maximum Gasteiger partial charge on any atom is 0.275 e. The van der Waals surface area contributed by atoms with Gasteiger partial charge in [-0.25, -0.2) is 4.98 Å². The first-order valence-electron chi connectivity index (χ1n) is 4.58. The van der Waals surface area contributed by atoms with Gasteiger partial charge in [-0.1, -0.05) is 17.7 Å². The van der Waals surface area contributed by atoms with Crippen molar-refractivity contribution < 1.29 is 4.79 Å². The fourth-order valence-electron chi connectivity index (χ4n) is 1.18. The quantitative estimate of drug-likeness (QED) is 0.788. The molecule has 7 heteroatoms. The lowest BCUT2D eigenvalue weighted by Gasteiger charge is -2.02. The molecule has 17 heavy (non-hydrogen) atoms. The Labute approximate surface area is 101 Å². The van der Waals surface area contributed by atoms with Crippen LogP contribution >= 0.6 is 11.6 Å². The summed E-state index contributed by atoms with van der Waals surface area (Å²) < 4.78 is 0. The SMILES string of the molecule is N#Cc1cn[nH]c1NC(=O)c1cccc(Cl)n1. The first kappa shape index (κ1) is 11.1. The van der Waals surface area contributed by atoms with E-state index in [0.29, 0.717) is 0 Å². The molecule has 84 valence electrons. The van der Waals surface area contributed by atoms with E-state index < -0.39 is 5.91 Å². The Morgan fingerprint density at radius 3 is 3.06 bits per heavy atom. The molecule has 0 aliphatic rings. The number of amides is 1. The lowest BCUT2D eigenvalue weighted by Crippen LogP contribution is -2.14. The molecule has 1 amide bonds. The largest absolute Gasteiger partial charge is 0.304 e. The number of anilines is 1. The average molecular weight is 248 g/mol. The summed E-state index contributed by atoms with van der Waals surface area (Å²) >= 11 is 5.67. The number of nitrogens with zero attached hydrogens (tertiary/aromatic N) is 3. The van der Waals surface area contributed by atoms with E-state index in [9.17, 15) is 4.79 Å². The normalized spacial score (nSPS) is 9.65. The van der Waals surface area contributed by atoms with Crippen molar-refractivity contribution >= 4 is 23.3 Å². The number of carbonyl (C=O) groups excluding carboxylic acids is 1. The Morgan fingerprint density at radius 2 is 2.35 bits per heavy atom. The molecule has 0 atom stereocenters. The molecule has 0 bridgehead atoms. The van der Waals surface area contributed by atoms with Gasteiger partial charge in [0.25, 0.3) is 5.91 Å². The van der Waals surface area contributed by atoms with Crippen LogP contribution in [0.1, 0.15) is 16.1 Å². The van der Waals surface area contributed by atoms with Crippen LogP contribution in [0.25, 0.3) is 0 Å². The standard InChI is InChI=1S/C10H6ClN5O/c11-8-3-1-2-7(14-8)10(17)15-9-6(4-12)5-13-16-9/h1-3,5H,(H2,13,15,16,17). The average Bonchev–Trinajstić information content (AvgIpc) is 2.76. The number of H-pyrrole nitrogens is 1. The van der Waals surface area contributed by atoms with Crippen LogP contribution in [-0.2, 0) is 0 Å². The minimum atomic E-state index is -0.465. The molecule has 2 heterocycles. The molecule has 0 spiro atoms. The van der Waals surface area contributed by atoms with Crippen LogP contribution in [0.3, 0.4) is 0 Å². The van der Waals surface area contributed by atoms with Crippen molar-refractivity contribution in [3.05, 3.63) is 40.8 Å². The van der Waals surface area contributed by atoms with Gasteiger partial charge in [-0.3, -0.25) is 9.89 Å². The summed E-state index contributed by atoms with van der Waals surface area (Å²) in [5, 5.41) is 17.6. The van der Waals surface area contributed by atoms with Crippen LogP contribution in [0.2, 0.25) is 5.15 Å². The maximum atomic E-state index is 11.7. The number of hydrogen-bond acceptors (Lipinski definition) is 4. The van der Waals surface area contributed by atoms with Crippen molar-refractivity contribution in [3.63, 3.8) is 0 Å². The van der Waals surface area contributed by atoms with E-state index in [1.54, 1.807) is 12.1 Å². The Morgan fingerprint density at radius 1 is 1.53 bits per heavy atom. The molecule has 0 unspecified atom stereocenters. The number of carbonyl (C=O) groups is 1. The highest BCUT2D eigenvalue weighted by atomic mass is 35.5. The summed E-state index contributed by atoms with van der Waals surface area (Å²) in [5.74, 6) is -0.229. The molecule has 0 fully saturated rings. The third-order valence-electron chi connectivity index (χ3n) is 1.95. The Balaban J connectivity index is 2.21. The summed E-state index contributed by atoms with van der Waals surface area (Å²) in [6, 6.07) is 6.58. The van der Waals surface area contributed by atoms with Crippen LogP contribution in [-0.4, -0.2) is 21.1 Å². The van der Waals surface area contributed by atoms with Crippen molar-refractivity contribution in [2.45, 2.75) is 0 Å². The summed E-state index contributed by atoms with van der Waals surface area (Å²) in [4.78, 5) is 15.6. The monoisotopic (exact) mass is 247 g/mol. The van der Waals surface area contributed by atoms with Crippen molar-refractivity contribution in [3.8, 4) is 6.07 Å². The van der Waals surface area contributed by atoms with Gasteiger partial charge in [0.2, 0.25) is 0 Å². The topological polar surface area (TPSA) is 94.5 Å². The molecule has 0 aliphatic heterocycles. The summed E-state index contributed by atoms with van der Waals surface area (Å²) in [7, 11) is 0. The zero-order valence-corrected chi connectivity index (χ0v) is 9.19. The fourth-order valence-corrected chi connectivity index (χ4v) is 1.34. The van der Waals surface area contributed by atoms with Gasteiger partial charge in [-0.15, -0.1) is 0 Å². The zero-order chi connectivity index (χ0) is 12.3. The second kappa shape index (κ2) is 4.63. The Kier molecular flexibility index (Phi) is 3.03. The minimum Gasteiger partial charge on any atom is -0.304 e. The number of aromatic nitrogens is 3. The first-order valence-corrected chi connectivity index (χ1v) is 4.96. The van der Waals surface area contributed by atoms with E-state index in [4.69, 9.17) is 16.9 Å². The molecule has 0 saturated carbocycles. The van der Waals surface area contributed by atoms with Crippen molar-refractivity contribution in [2.75, 3.05) is 5.32 Å². The Bertz CT molecular complexity index is 601. The van der Waals surface area contributed by atoms with E-state index in [1.165, 1.54) is 12.3 Å². The van der Waals surface area contributed by atoms with E-state index in [-0.39, 0.29) is 22.2 Å². The molecule has 0 aliphatic carbocycles. The van der Waals surface area contributed by atoms with Gasteiger partial charge in [-0.2, -0.15) is 10.4 Å². The van der Waals surface area contributed by atoms with E-state index in [2.05, 4.69) is 20.5 Å². The second-order valence-electron chi connectivity index (χ2n) is 3.07. The second-order valence-corrected chi connectivity index (χ2v) is 3.46. The Hall–Kier alpha value is -2.39. The first-order chi connectivity index (χ1) is 8.20. The number of nitriles is 1. The molecule has 6 nitrogen and oxygen atoms in total. The van der Waals surface area contributed by atoms with Crippen molar-refractivity contribution in [1.29, 1.82) is 5.26 Å². The van der Waals surface area contributed by atoms with Crippen LogP contribution in [0.15, 0.2) is 24.4 Å². The third-order valence-corrected chi connectivity index (χ3v) is 2.16. The van der Waals surface area contributed by atoms with Crippen LogP contribution in [0.4, 0.5) is 5.82 Å². The van der Waals surface area contributed by atoms with Crippen molar-refractivity contribution in [2.24, 2.45) is 0 Å². The predicted molar refractivity (Wildman–Crippen MR) is 60.5 cm³/mol. The van der Waals surface area contributed by atoms with Gasteiger partial charge >= 0.3 is 0 Å². The van der Waals surface area contributed by atoms with Gasteiger partial charge in [-0.05, 0) is 12.1 Å². The number of rotatable bonds is 2. The highest BCUT2D eigenvalue weighted by Gasteiger charge is 2.11. The highest BCUT2D eigenvalue weighted by Crippen LogP contribution is 2.11. The fraction of sp³-hybridized carbons (Fsp3) is 0. The summed E-state index contributed by atoms with van der Waals surface area (Å²) in [6.07, 6.45) is 1.32. The lowest BCUT2D eigenvalue weighted by atomic mass is 10.3. The molecule has 2 aromatic rings. The predicted octanol–water partition coefficient (Wildman–Crippen LogP) is 1.58. The van der Waals surface area contributed by atoms with E-state index in [1.807, 2.05) is 6.07 Å². The number of nitrogens with one attached hydrogen (secondary N) is 2. The smallest absolute Gasteiger partial charge is 0.275 e. The minimum absolute atomic E-state index is 0.163. The molecule has 2 aromatic heterocycles. The van der Waals surface area contributed by atoms with E-state index in [0.717, 1.165) is 0 Å². The van der Waals surface area contributed by atoms with Crippen LogP contribution in [0.5, 0.6) is 0 Å². The zero-order valence-electron chi connectivity index (χ0n) is 8.44. The summed E-state index contributed by atoms with van der Waals surface area (Å²) in [6.45, 7) is 0. The molecule has 0 saturated heterocycles. The third kappa shape index (κ3) is 2.41. The molecule has 2 N–H and O–H groups in total. The van der Waals surface area contributed by atoms with Gasteiger partial charge < -0.3 is 5.32 Å². The van der Waals surface area contributed by atoms with Crippen LogP contribution in [0, 0.1) is 11.3 Å². The lowest BCUT2D eigenvalue weighted by molar-refractivity contribution is 0.102. The van der Waals surface area contributed by atoms with E-state index >= 15 is 0 Å². The number of aromatic amines is 1. The van der Waals surface area contributed by atoms with Gasteiger partial charge in [0.15, 0.2) is 0 Å². The van der Waals surface area contributed by atoms with Gasteiger partial charge in [0, 0.05) is 0 Å². The molecule has 2 rings (SSSR count). The molecule has 0 aromatic carbocycles. The maximum absolute atomic E-state index is 11.7.